The minimum atomic E-state index is -1.35. The first-order valence-corrected chi connectivity index (χ1v) is 12.1. The smallest absolute Gasteiger partial charge is 0.330 e. The van der Waals surface area contributed by atoms with Crippen molar-refractivity contribution in [3.63, 3.8) is 0 Å². The first-order chi connectivity index (χ1) is 15.4. The van der Waals surface area contributed by atoms with Gasteiger partial charge in [0.2, 0.25) is 0 Å². The first-order valence-electron chi connectivity index (χ1n) is 11.0. The van der Waals surface area contributed by atoms with E-state index in [1.807, 2.05) is 18.2 Å². The van der Waals surface area contributed by atoms with Crippen LogP contribution in [0.25, 0.3) is 0 Å². The lowest BCUT2D eigenvalue weighted by Crippen LogP contribution is -2.36. The Balaban J connectivity index is 1.37. The molecule has 32 heavy (non-hydrogen) atoms. The normalized spacial score (nSPS) is 34.8. The summed E-state index contributed by atoms with van der Waals surface area (Å²) < 4.78 is 22.6. The lowest BCUT2D eigenvalue weighted by atomic mass is 9.87. The SMILES string of the molecule is Cc1cn([C@H]2C[C@@H](O[P@]3O[C@@](C)(c4ccccc4)[C@H]4CCCN43)[C@@H](CO)O2)c(=O)[nH]c1=O. The van der Waals surface area contributed by atoms with Crippen LogP contribution in [0.1, 0.15) is 43.5 Å². The maximum Gasteiger partial charge on any atom is 0.330 e. The van der Waals surface area contributed by atoms with Crippen LogP contribution in [0.2, 0.25) is 0 Å². The number of hydrogen-bond donors (Lipinski definition) is 2. The van der Waals surface area contributed by atoms with Crippen LogP contribution in [0.5, 0.6) is 0 Å². The van der Waals surface area contributed by atoms with Gasteiger partial charge < -0.3 is 18.9 Å². The van der Waals surface area contributed by atoms with Gasteiger partial charge in [0.05, 0.1) is 18.8 Å². The summed E-state index contributed by atoms with van der Waals surface area (Å²) in [7, 11) is -1.35. The van der Waals surface area contributed by atoms with Gasteiger partial charge in [-0.1, -0.05) is 30.3 Å². The van der Waals surface area contributed by atoms with E-state index in [4.69, 9.17) is 13.8 Å². The van der Waals surface area contributed by atoms with E-state index in [0.29, 0.717) is 12.0 Å². The third kappa shape index (κ3) is 3.67. The second-order valence-corrected chi connectivity index (χ2v) is 10.2. The number of nitrogens with one attached hydrogen (secondary N) is 1. The van der Waals surface area contributed by atoms with Crippen molar-refractivity contribution >= 4 is 8.53 Å². The second kappa shape index (κ2) is 8.48. The molecule has 9 nitrogen and oxygen atoms in total. The van der Waals surface area contributed by atoms with Crippen molar-refractivity contribution in [2.45, 2.75) is 63.2 Å². The van der Waals surface area contributed by atoms with Crippen LogP contribution in [-0.4, -0.2) is 50.7 Å². The van der Waals surface area contributed by atoms with E-state index in [2.05, 4.69) is 28.7 Å². The molecule has 4 heterocycles. The fourth-order valence-electron chi connectivity index (χ4n) is 4.94. The van der Waals surface area contributed by atoms with Crippen LogP contribution in [0.15, 0.2) is 46.1 Å². The molecule has 3 aliphatic heterocycles. The predicted octanol–water partition coefficient (Wildman–Crippen LogP) is 2.15. The van der Waals surface area contributed by atoms with E-state index < -0.39 is 43.8 Å². The molecule has 3 saturated heterocycles. The van der Waals surface area contributed by atoms with Crippen LogP contribution in [0, 0.1) is 6.92 Å². The Morgan fingerprint density at radius 1 is 1.31 bits per heavy atom. The van der Waals surface area contributed by atoms with Crippen LogP contribution >= 0.6 is 8.53 Å². The molecule has 2 aromatic rings. The third-order valence-electron chi connectivity index (χ3n) is 6.73. The van der Waals surface area contributed by atoms with Crippen molar-refractivity contribution in [2.75, 3.05) is 13.2 Å². The van der Waals surface area contributed by atoms with Gasteiger partial charge in [0, 0.05) is 24.7 Å². The van der Waals surface area contributed by atoms with E-state index in [1.165, 1.54) is 10.8 Å². The molecule has 6 atom stereocenters. The summed E-state index contributed by atoms with van der Waals surface area (Å²) >= 11 is 0. The van der Waals surface area contributed by atoms with E-state index in [9.17, 15) is 14.7 Å². The van der Waals surface area contributed by atoms with Gasteiger partial charge in [0.25, 0.3) is 14.1 Å². The number of H-pyrrole nitrogens is 1. The molecule has 0 saturated carbocycles. The fraction of sp³-hybridized carbons (Fsp3) is 0.545. The van der Waals surface area contributed by atoms with E-state index in [0.717, 1.165) is 24.9 Å². The number of aryl methyl sites for hydroxylation is 1. The largest absolute Gasteiger partial charge is 0.394 e. The number of benzene rings is 1. The molecule has 3 fully saturated rings. The Kier molecular flexibility index (Phi) is 5.82. The van der Waals surface area contributed by atoms with Crippen molar-refractivity contribution in [3.05, 3.63) is 68.5 Å². The number of aliphatic hydroxyl groups is 1. The molecule has 2 N–H and O–H groups in total. The van der Waals surface area contributed by atoms with Gasteiger partial charge in [0.15, 0.2) is 0 Å². The number of aromatic nitrogens is 2. The maximum atomic E-state index is 12.3. The summed E-state index contributed by atoms with van der Waals surface area (Å²) in [5, 5.41) is 9.91. The second-order valence-electron chi connectivity index (χ2n) is 8.79. The summed E-state index contributed by atoms with van der Waals surface area (Å²) in [5.41, 5.74) is 0.116. The Morgan fingerprint density at radius 3 is 2.84 bits per heavy atom. The fourth-order valence-corrected chi connectivity index (χ4v) is 7.08. The topological polar surface area (TPSA) is 106 Å². The molecule has 5 rings (SSSR count). The van der Waals surface area contributed by atoms with E-state index in [1.54, 1.807) is 6.92 Å². The molecule has 0 amide bonds. The number of rotatable bonds is 5. The molecule has 10 heteroatoms. The zero-order chi connectivity index (χ0) is 22.5. The molecular weight excluding hydrogens is 433 g/mol. The number of fused-ring (bicyclic) bond motifs is 1. The van der Waals surface area contributed by atoms with Crippen LogP contribution in [-0.2, 0) is 19.4 Å². The Morgan fingerprint density at radius 2 is 2.09 bits per heavy atom. The molecule has 1 aromatic carbocycles. The van der Waals surface area contributed by atoms with Gasteiger partial charge in [-0.05, 0) is 32.3 Å². The van der Waals surface area contributed by atoms with Crippen molar-refractivity contribution in [2.24, 2.45) is 0 Å². The summed E-state index contributed by atoms with van der Waals surface area (Å²) in [5.74, 6) is 0. The van der Waals surface area contributed by atoms with Gasteiger partial charge in [-0.3, -0.25) is 14.3 Å². The highest BCUT2D eigenvalue weighted by molar-refractivity contribution is 7.45. The molecule has 172 valence electrons. The Hall–Kier alpha value is -1.87. The Labute approximate surface area is 186 Å². The van der Waals surface area contributed by atoms with Gasteiger partial charge in [0.1, 0.15) is 17.9 Å². The van der Waals surface area contributed by atoms with Gasteiger partial charge in [-0.25, -0.2) is 9.46 Å². The summed E-state index contributed by atoms with van der Waals surface area (Å²) in [6.07, 6.45) is 2.32. The lowest BCUT2D eigenvalue weighted by molar-refractivity contribution is -0.0436. The van der Waals surface area contributed by atoms with E-state index in [-0.39, 0.29) is 12.6 Å². The highest BCUT2D eigenvalue weighted by Gasteiger charge is 2.56. The quantitative estimate of drug-likeness (QED) is 0.658. The molecule has 1 aromatic heterocycles. The summed E-state index contributed by atoms with van der Waals surface area (Å²) in [6.45, 7) is 4.42. The molecule has 0 unspecified atom stereocenters. The zero-order valence-electron chi connectivity index (χ0n) is 18.1. The average molecular weight is 461 g/mol. The summed E-state index contributed by atoms with van der Waals surface area (Å²) in [6, 6.07) is 10.4. The molecule has 0 bridgehead atoms. The zero-order valence-corrected chi connectivity index (χ0v) is 19.0. The number of hydrogen-bond acceptors (Lipinski definition) is 7. The van der Waals surface area contributed by atoms with Gasteiger partial charge in [-0.2, -0.15) is 0 Å². The minimum Gasteiger partial charge on any atom is -0.394 e. The van der Waals surface area contributed by atoms with E-state index >= 15 is 0 Å². The molecule has 0 aliphatic carbocycles. The number of ether oxygens (including phenoxy) is 1. The van der Waals surface area contributed by atoms with Gasteiger partial charge >= 0.3 is 5.69 Å². The maximum absolute atomic E-state index is 12.3. The third-order valence-corrected chi connectivity index (χ3v) is 8.61. The molecule has 3 aliphatic rings. The van der Waals surface area contributed by atoms with Crippen molar-refractivity contribution in [1.82, 2.24) is 14.2 Å². The van der Waals surface area contributed by atoms with Crippen LogP contribution in [0.4, 0.5) is 0 Å². The standard InChI is InChI=1S/C22H28N3O6P/c1-14-12-24(21(28)23-20(14)27)19-11-16(17(13-26)29-19)30-32-25-10-6-9-18(25)22(2,31-32)15-7-4-3-5-8-15/h3-5,7-8,12,16-19,26H,6,9-11,13H2,1-2H3,(H,23,27,28)/t16-,17-,18-,19-,22+,32-/m1/s1. The first kappa shape index (κ1) is 21.9. The predicted molar refractivity (Wildman–Crippen MR) is 118 cm³/mol. The monoisotopic (exact) mass is 461 g/mol. The number of nitrogens with zero attached hydrogens (tertiary/aromatic N) is 2. The van der Waals surface area contributed by atoms with Crippen molar-refractivity contribution in [1.29, 1.82) is 0 Å². The highest BCUT2D eigenvalue weighted by Crippen LogP contribution is 2.63. The van der Waals surface area contributed by atoms with Crippen molar-refractivity contribution < 1.29 is 18.9 Å². The van der Waals surface area contributed by atoms with Crippen LogP contribution in [0.3, 0.4) is 0 Å². The van der Waals surface area contributed by atoms with Crippen molar-refractivity contribution in [3.8, 4) is 0 Å². The summed E-state index contributed by atoms with van der Waals surface area (Å²) in [4.78, 5) is 26.3. The molecule has 0 spiro atoms. The molecular formula is C22H28N3O6P. The highest BCUT2D eigenvalue weighted by atomic mass is 31.2. The van der Waals surface area contributed by atoms with Crippen LogP contribution < -0.4 is 11.2 Å². The molecule has 0 radical (unpaired) electrons. The van der Waals surface area contributed by atoms with Gasteiger partial charge in [-0.15, -0.1) is 0 Å². The Bertz CT molecular complexity index is 1090. The number of aliphatic hydroxyl groups excluding tert-OH is 1. The number of aromatic amines is 1. The minimum absolute atomic E-state index is 0.228. The average Bonchev–Trinajstić information content (AvgIpc) is 3.49. The lowest BCUT2D eigenvalue weighted by Gasteiger charge is -2.29.